The summed E-state index contributed by atoms with van der Waals surface area (Å²) in [6.45, 7) is 3.71. The fourth-order valence-corrected chi connectivity index (χ4v) is 0.528. The zero-order valence-electron chi connectivity index (χ0n) is 6.01. The number of hydrogen-bond donors (Lipinski definition) is 2. The monoisotopic (exact) mass is 312 g/mol. The van der Waals surface area contributed by atoms with Crippen molar-refractivity contribution in [2.75, 3.05) is 13.1 Å². The van der Waals surface area contributed by atoms with E-state index >= 15 is 0 Å². The van der Waals surface area contributed by atoms with Crippen LogP contribution in [0.2, 0.25) is 4.81 Å². The Hall–Kier alpha value is 0.608. The number of rotatable bonds is 3. The molecule has 0 aromatic rings. The molecule has 0 aromatic heterocycles. The maximum atomic E-state index is 5.13. The SMILES string of the molecule is CCCN.NCC[CH2][Pt]. The summed E-state index contributed by atoms with van der Waals surface area (Å²) >= 11 is 2.29. The first-order chi connectivity index (χ1) is 4.33. The minimum atomic E-state index is 0.819. The average Bonchev–Trinajstić information content (AvgIpc) is 1.91. The molecule has 0 aliphatic rings. The molecule has 0 bridgehead atoms. The first-order valence-electron chi connectivity index (χ1n) is 3.25. The Balaban J connectivity index is 0. The number of nitrogens with two attached hydrogens (primary N) is 2. The standard InChI is InChI=1S/C3H9N.C3H8N.Pt/c2*1-2-3-4;/h2-4H2,1H3;1-4H2;. The molecule has 0 saturated carbocycles. The van der Waals surface area contributed by atoms with Crippen LogP contribution in [0.3, 0.4) is 0 Å². The van der Waals surface area contributed by atoms with Crippen molar-refractivity contribution in [3.63, 3.8) is 0 Å². The van der Waals surface area contributed by atoms with E-state index < -0.39 is 0 Å². The van der Waals surface area contributed by atoms with Crippen molar-refractivity contribution >= 4 is 0 Å². The third-order valence-electron chi connectivity index (χ3n) is 0.605. The third-order valence-corrected chi connectivity index (χ3v) is 1.41. The molecule has 0 aliphatic heterocycles. The van der Waals surface area contributed by atoms with Gasteiger partial charge in [0.2, 0.25) is 0 Å². The molecular weight excluding hydrogens is 295 g/mol. The molecule has 0 spiro atoms. The molecular formula is C6H17N2Pt. The molecule has 0 fully saturated rings. The second-order valence-electron chi connectivity index (χ2n) is 1.59. The average molecular weight is 312 g/mol. The molecule has 3 heteroatoms. The molecule has 0 unspecified atom stereocenters. The topological polar surface area (TPSA) is 52.0 Å². The zero-order chi connectivity index (χ0) is 7.54. The van der Waals surface area contributed by atoms with Gasteiger partial charge in [0.25, 0.3) is 0 Å². The van der Waals surface area contributed by atoms with E-state index in [4.69, 9.17) is 11.5 Å². The molecule has 4 N–H and O–H groups in total. The van der Waals surface area contributed by atoms with Crippen LogP contribution in [0.4, 0.5) is 0 Å². The fraction of sp³-hybridized carbons (Fsp3) is 1.00. The molecule has 0 saturated heterocycles. The summed E-state index contributed by atoms with van der Waals surface area (Å²) in [6.07, 6.45) is 2.25. The van der Waals surface area contributed by atoms with Crippen molar-refractivity contribution < 1.29 is 19.8 Å². The van der Waals surface area contributed by atoms with E-state index in [1.165, 1.54) is 4.81 Å². The van der Waals surface area contributed by atoms with Crippen LogP contribution in [-0.4, -0.2) is 13.1 Å². The normalized spacial score (nSPS) is 8.11. The van der Waals surface area contributed by atoms with Gasteiger partial charge in [-0.3, -0.25) is 0 Å². The van der Waals surface area contributed by atoms with Gasteiger partial charge in [-0.2, -0.15) is 0 Å². The van der Waals surface area contributed by atoms with Crippen LogP contribution in [0.15, 0.2) is 0 Å². The van der Waals surface area contributed by atoms with E-state index in [9.17, 15) is 0 Å². The molecule has 0 aromatic carbocycles. The van der Waals surface area contributed by atoms with E-state index in [2.05, 4.69) is 26.7 Å². The van der Waals surface area contributed by atoms with E-state index in [1.807, 2.05) is 0 Å². The van der Waals surface area contributed by atoms with Crippen LogP contribution in [0.1, 0.15) is 19.8 Å². The molecule has 61 valence electrons. The Bertz CT molecular complexity index is 30.2. The van der Waals surface area contributed by atoms with E-state index in [1.54, 1.807) is 0 Å². The molecule has 0 rings (SSSR count). The van der Waals surface area contributed by atoms with Crippen molar-refractivity contribution in [2.45, 2.75) is 24.6 Å². The van der Waals surface area contributed by atoms with Crippen LogP contribution in [-0.2, 0) is 19.8 Å². The van der Waals surface area contributed by atoms with Crippen molar-refractivity contribution in [1.29, 1.82) is 0 Å². The van der Waals surface area contributed by atoms with Gasteiger partial charge in [-0.05, 0) is 13.0 Å². The van der Waals surface area contributed by atoms with Gasteiger partial charge in [0.05, 0.1) is 0 Å². The van der Waals surface area contributed by atoms with Crippen LogP contribution >= 0.6 is 0 Å². The summed E-state index contributed by atoms with van der Waals surface area (Å²) in [5.41, 5.74) is 10.2. The summed E-state index contributed by atoms with van der Waals surface area (Å²) < 4.78 is 0. The van der Waals surface area contributed by atoms with Gasteiger partial charge in [0.15, 0.2) is 0 Å². The van der Waals surface area contributed by atoms with Gasteiger partial charge in [0.1, 0.15) is 0 Å². The Morgan fingerprint density at radius 2 is 1.67 bits per heavy atom. The molecule has 0 aliphatic carbocycles. The number of hydrogen-bond acceptors (Lipinski definition) is 2. The van der Waals surface area contributed by atoms with Crippen LogP contribution in [0, 0.1) is 0 Å². The van der Waals surface area contributed by atoms with Gasteiger partial charge >= 0.3 is 43.3 Å². The second-order valence-corrected chi connectivity index (χ2v) is 2.73. The summed E-state index contributed by atoms with van der Waals surface area (Å²) in [7, 11) is 0. The van der Waals surface area contributed by atoms with E-state index in [-0.39, 0.29) is 0 Å². The van der Waals surface area contributed by atoms with Crippen molar-refractivity contribution in [3.05, 3.63) is 0 Å². The Morgan fingerprint density at radius 1 is 1.22 bits per heavy atom. The summed E-state index contributed by atoms with van der Waals surface area (Å²) in [5.74, 6) is 0. The van der Waals surface area contributed by atoms with E-state index in [0.717, 1.165) is 25.9 Å². The van der Waals surface area contributed by atoms with Crippen molar-refractivity contribution in [3.8, 4) is 0 Å². The molecule has 9 heavy (non-hydrogen) atoms. The minimum absolute atomic E-state index is 0.819. The van der Waals surface area contributed by atoms with E-state index in [0.29, 0.717) is 0 Å². The molecule has 2 nitrogen and oxygen atoms in total. The maximum absolute atomic E-state index is 5.13. The fourth-order valence-electron chi connectivity index (χ4n) is 0.0645. The van der Waals surface area contributed by atoms with Crippen LogP contribution < -0.4 is 11.5 Å². The molecule has 0 atom stereocenters. The van der Waals surface area contributed by atoms with Gasteiger partial charge < -0.3 is 5.73 Å². The first kappa shape index (κ1) is 12.3. The molecule has 0 heterocycles. The van der Waals surface area contributed by atoms with Crippen LogP contribution in [0.25, 0.3) is 0 Å². The Morgan fingerprint density at radius 3 is 1.67 bits per heavy atom. The Labute approximate surface area is 69.3 Å². The van der Waals surface area contributed by atoms with Gasteiger partial charge in [0, 0.05) is 0 Å². The van der Waals surface area contributed by atoms with Crippen molar-refractivity contribution in [1.82, 2.24) is 0 Å². The predicted molar refractivity (Wildman–Crippen MR) is 37.8 cm³/mol. The Kier molecular flexibility index (Phi) is 21.7. The first-order valence-corrected chi connectivity index (χ1v) is 4.85. The predicted octanol–water partition coefficient (Wildman–Crippen LogP) is 0.655. The van der Waals surface area contributed by atoms with Crippen molar-refractivity contribution in [2.24, 2.45) is 11.5 Å². The second kappa shape index (κ2) is 15.8. The zero-order valence-corrected chi connectivity index (χ0v) is 8.28. The summed E-state index contributed by atoms with van der Waals surface area (Å²) in [5, 5.41) is 0. The molecule has 0 amide bonds. The van der Waals surface area contributed by atoms with Crippen LogP contribution in [0.5, 0.6) is 0 Å². The quantitative estimate of drug-likeness (QED) is 0.804. The van der Waals surface area contributed by atoms with Gasteiger partial charge in [-0.25, -0.2) is 0 Å². The summed E-state index contributed by atoms with van der Waals surface area (Å²) in [4.78, 5) is 1.19. The van der Waals surface area contributed by atoms with Gasteiger partial charge in [-0.15, -0.1) is 0 Å². The molecule has 0 radical (unpaired) electrons. The summed E-state index contributed by atoms with van der Waals surface area (Å²) in [6, 6.07) is 0. The third kappa shape index (κ3) is 28.9. The van der Waals surface area contributed by atoms with Gasteiger partial charge in [-0.1, -0.05) is 6.92 Å².